The fourth-order valence-electron chi connectivity index (χ4n) is 3.05. The van der Waals surface area contributed by atoms with Crippen LogP contribution in [0.15, 0.2) is 30.3 Å². The lowest BCUT2D eigenvalue weighted by atomic mass is 10.0. The van der Waals surface area contributed by atoms with Crippen molar-refractivity contribution < 1.29 is 38.7 Å². The Labute approximate surface area is 191 Å². The van der Waals surface area contributed by atoms with Gasteiger partial charge in [-0.3, -0.25) is 19.2 Å². The molecule has 0 aliphatic carbocycles. The highest BCUT2D eigenvalue weighted by atomic mass is 16.7. The lowest BCUT2D eigenvalue weighted by Crippen LogP contribution is -2.54. The summed E-state index contributed by atoms with van der Waals surface area (Å²) < 4.78 is 5.27. The van der Waals surface area contributed by atoms with Crippen LogP contribution in [0.5, 0.6) is 0 Å². The third-order valence-electron chi connectivity index (χ3n) is 4.59. The van der Waals surface area contributed by atoms with Crippen molar-refractivity contribution in [3.63, 3.8) is 0 Å². The first-order valence-electron chi connectivity index (χ1n) is 10.5. The average molecular weight is 463 g/mol. The largest absolute Gasteiger partial charge is 0.476 e. The highest BCUT2D eigenvalue weighted by Gasteiger charge is 2.39. The standard InChI is InChI=1S/C22H29N3O8/c1-22(2,3)33-21(31)25-16(10-12-32-25)19(28)24-15(13-14-7-5-4-6-8-14)18(27)23-11-9-17(26)20(29)30/h4-8,15-16H,9-13H2,1-3H3,(H,23,27)(H,24,28)(H,29,30). The maximum atomic E-state index is 12.9. The fraction of sp³-hybridized carbons (Fsp3) is 0.500. The molecule has 1 saturated heterocycles. The van der Waals surface area contributed by atoms with Crippen LogP contribution in [0.1, 0.15) is 39.2 Å². The van der Waals surface area contributed by atoms with Gasteiger partial charge in [0.1, 0.15) is 17.7 Å². The van der Waals surface area contributed by atoms with E-state index < -0.39 is 47.3 Å². The van der Waals surface area contributed by atoms with Crippen LogP contribution in [0, 0.1) is 0 Å². The van der Waals surface area contributed by atoms with Gasteiger partial charge < -0.3 is 20.5 Å². The number of Topliss-reactive ketones (excluding diaryl/α,β-unsaturated/α-hetero) is 1. The van der Waals surface area contributed by atoms with Crippen LogP contribution < -0.4 is 10.6 Å². The molecule has 1 aliphatic heterocycles. The molecule has 1 aliphatic rings. The maximum Gasteiger partial charge on any atom is 0.435 e. The molecule has 33 heavy (non-hydrogen) atoms. The van der Waals surface area contributed by atoms with E-state index in [1.54, 1.807) is 45.0 Å². The average Bonchev–Trinajstić information content (AvgIpc) is 3.23. The maximum absolute atomic E-state index is 12.9. The summed E-state index contributed by atoms with van der Waals surface area (Å²) in [6.45, 7) is 4.99. The van der Waals surface area contributed by atoms with Gasteiger partial charge in [0.05, 0.1) is 6.61 Å². The number of ether oxygens (including phenoxy) is 1. The summed E-state index contributed by atoms with van der Waals surface area (Å²) in [6, 6.07) is 6.93. The van der Waals surface area contributed by atoms with Crippen molar-refractivity contribution in [2.45, 2.75) is 57.7 Å². The molecule has 2 rings (SSSR count). The summed E-state index contributed by atoms with van der Waals surface area (Å²) in [6.07, 6.45) is -0.824. The topological polar surface area (TPSA) is 151 Å². The van der Waals surface area contributed by atoms with Crippen LogP contribution >= 0.6 is 0 Å². The molecule has 180 valence electrons. The molecule has 0 radical (unpaired) electrons. The normalized spacial score (nSPS) is 16.6. The van der Waals surface area contributed by atoms with Crippen LogP contribution in [0.2, 0.25) is 0 Å². The second-order valence-corrected chi connectivity index (χ2v) is 8.46. The number of rotatable bonds is 9. The number of carboxylic acid groups (broad SMARTS) is 1. The van der Waals surface area contributed by atoms with Crippen LogP contribution in [-0.4, -0.2) is 70.7 Å². The van der Waals surface area contributed by atoms with Crippen LogP contribution in [0.3, 0.4) is 0 Å². The Kier molecular flexibility index (Phi) is 8.92. The Morgan fingerprint density at radius 3 is 2.45 bits per heavy atom. The first-order valence-corrected chi connectivity index (χ1v) is 10.5. The Hall–Kier alpha value is -3.47. The second-order valence-electron chi connectivity index (χ2n) is 8.46. The molecule has 0 bridgehead atoms. The van der Waals surface area contributed by atoms with Crippen LogP contribution in [-0.2, 0) is 35.2 Å². The molecule has 0 aromatic heterocycles. The number of hydroxylamine groups is 2. The first-order chi connectivity index (χ1) is 15.5. The van der Waals surface area contributed by atoms with Crippen molar-refractivity contribution in [2.24, 2.45) is 0 Å². The smallest absolute Gasteiger partial charge is 0.435 e. The summed E-state index contributed by atoms with van der Waals surface area (Å²) in [4.78, 5) is 65.2. The van der Waals surface area contributed by atoms with Crippen molar-refractivity contribution in [2.75, 3.05) is 13.2 Å². The number of hydrogen-bond acceptors (Lipinski definition) is 7. The number of aliphatic carboxylic acids is 1. The van der Waals surface area contributed by atoms with Crippen LogP contribution in [0.25, 0.3) is 0 Å². The fourth-order valence-corrected chi connectivity index (χ4v) is 3.05. The number of hydrogen-bond donors (Lipinski definition) is 3. The summed E-state index contributed by atoms with van der Waals surface area (Å²) in [5, 5.41) is 14.6. The number of ketones is 1. The number of carbonyl (C=O) groups is 5. The monoisotopic (exact) mass is 463 g/mol. The highest BCUT2D eigenvalue weighted by Crippen LogP contribution is 2.19. The Morgan fingerprint density at radius 1 is 1.18 bits per heavy atom. The van der Waals surface area contributed by atoms with Gasteiger partial charge in [0.15, 0.2) is 0 Å². The minimum absolute atomic E-state index is 0.129. The van der Waals surface area contributed by atoms with E-state index >= 15 is 0 Å². The SMILES string of the molecule is CC(C)(C)OC(=O)N1OCCC1C(=O)NC(Cc1ccccc1)C(=O)NCCC(=O)C(=O)O. The second kappa shape index (κ2) is 11.4. The molecule has 11 heteroatoms. The van der Waals surface area contributed by atoms with E-state index in [0.29, 0.717) is 0 Å². The summed E-state index contributed by atoms with van der Waals surface area (Å²) in [5.41, 5.74) is -0.0149. The number of carbonyl (C=O) groups excluding carboxylic acids is 4. The molecule has 0 saturated carbocycles. The minimum Gasteiger partial charge on any atom is -0.476 e. The number of benzene rings is 1. The van der Waals surface area contributed by atoms with Gasteiger partial charge in [-0.25, -0.2) is 9.59 Å². The van der Waals surface area contributed by atoms with Gasteiger partial charge in [-0.15, -0.1) is 0 Å². The van der Waals surface area contributed by atoms with E-state index in [-0.39, 0.29) is 32.4 Å². The van der Waals surface area contributed by atoms with E-state index in [0.717, 1.165) is 10.6 Å². The van der Waals surface area contributed by atoms with Gasteiger partial charge in [-0.1, -0.05) is 30.3 Å². The Bertz CT molecular complexity index is 881. The summed E-state index contributed by atoms with van der Waals surface area (Å²) in [5.74, 6) is -3.80. The van der Waals surface area contributed by atoms with Gasteiger partial charge in [-0.05, 0) is 26.3 Å². The lowest BCUT2D eigenvalue weighted by Gasteiger charge is -2.27. The molecule has 1 aromatic rings. The zero-order valence-corrected chi connectivity index (χ0v) is 18.8. The Balaban J connectivity index is 2.08. The predicted octanol–water partition coefficient (Wildman–Crippen LogP) is 0.815. The molecular formula is C22H29N3O8. The van der Waals surface area contributed by atoms with Crippen molar-refractivity contribution in [3.8, 4) is 0 Å². The highest BCUT2D eigenvalue weighted by molar-refractivity contribution is 6.32. The molecule has 1 fully saturated rings. The van der Waals surface area contributed by atoms with Gasteiger partial charge >= 0.3 is 12.1 Å². The van der Waals surface area contributed by atoms with E-state index in [1.165, 1.54) is 0 Å². The third-order valence-corrected chi connectivity index (χ3v) is 4.59. The van der Waals surface area contributed by atoms with Gasteiger partial charge in [0.2, 0.25) is 17.6 Å². The number of amides is 3. The van der Waals surface area contributed by atoms with Crippen molar-refractivity contribution in [1.29, 1.82) is 0 Å². The predicted molar refractivity (Wildman–Crippen MR) is 115 cm³/mol. The summed E-state index contributed by atoms with van der Waals surface area (Å²) in [7, 11) is 0. The van der Waals surface area contributed by atoms with E-state index in [1.807, 2.05) is 6.07 Å². The third kappa shape index (κ3) is 8.19. The van der Waals surface area contributed by atoms with Crippen molar-refractivity contribution >= 4 is 29.7 Å². The van der Waals surface area contributed by atoms with E-state index in [9.17, 15) is 24.0 Å². The molecule has 1 aromatic carbocycles. The van der Waals surface area contributed by atoms with Crippen molar-refractivity contribution in [3.05, 3.63) is 35.9 Å². The van der Waals surface area contributed by atoms with Gasteiger partial charge in [0, 0.05) is 25.8 Å². The molecule has 3 amide bonds. The Morgan fingerprint density at radius 2 is 1.85 bits per heavy atom. The van der Waals surface area contributed by atoms with Gasteiger partial charge in [0.25, 0.3) is 0 Å². The molecule has 1 heterocycles. The zero-order valence-electron chi connectivity index (χ0n) is 18.8. The van der Waals surface area contributed by atoms with Crippen molar-refractivity contribution in [1.82, 2.24) is 15.7 Å². The van der Waals surface area contributed by atoms with E-state index in [4.69, 9.17) is 14.7 Å². The molecule has 3 N–H and O–H groups in total. The lowest BCUT2D eigenvalue weighted by molar-refractivity contribution is -0.149. The van der Waals surface area contributed by atoms with E-state index in [2.05, 4.69) is 10.6 Å². The number of carboxylic acids is 1. The quantitative estimate of drug-likeness (QED) is 0.455. The molecule has 2 atom stereocenters. The van der Waals surface area contributed by atoms with Crippen LogP contribution in [0.4, 0.5) is 4.79 Å². The number of nitrogens with zero attached hydrogens (tertiary/aromatic N) is 1. The molecule has 11 nitrogen and oxygen atoms in total. The molecular weight excluding hydrogens is 434 g/mol. The summed E-state index contributed by atoms with van der Waals surface area (Å²) >= 11 is 0. The number of nitrogens with one attached hydrogen (secondary N) is 2. The van der Waals surface area contributed by atoms with Gasteiger partial charge in [-0.2, -0.15) is 5.06 Å². The first kappa shape index (κ1) is 25.8. The zero-order chi connectivity index (χ0) is 24.6. The molecule has 0 spiro atoms. The molecule has 2 unspecified atom stereocenters. The minimum atomic E-state index is -1.58.